The number of carbonyl (C=O) groups is 3. The zero-order valence-corrected chi connectivity index (χ0v) is 42.6. The van der Waals surface area contributed by atoms with E-state index in [0.717, 1.165) is 83.5 Å². The van der Waals surface area contributed by atoms with E-state index in [1.807, 2.05) is 0 Å². The summed E-state index contributed by atoms with van der Waals surface area (Å²) in [5, 5.41) is 0. The minimum absolute atomic E-state index is 0.0800. The summed E-state index contributed by atoms with van der Waals surface area (Å²) >= 11 is 0. The molecule has 0 spiro atoms. The van der Waals surface area contributed by atoms with Gasteiger partial charge < -0.3 is 14.2 Å². The summed E-state index contributed by atoms with van der Waals surface area (Å²) in [4.78, 5) is 38.1. The molecule has 64 heavy (non-hydrogen) atoms. The SMILES string of the molecule is CC\C=C/C=C\C=C/CCCCCCCCCC(=O)OC(COC(=O)CCCCC/C=C\CCCCCCCCC)COC(=O)CCCCCCCCCCCCCCCCCCC. The van der Waals surface area contributed by atoms with E-state index < -0.39 is 6.10 Å². The lowest BCUT2D eigenvalue weighted by atomic mass is 10.0. The third kappa shape index (κ3) is 50.4. The smallest absolute Gasteiger partial charge is 0.306 e. The molecule has 0 aliphatic carbocycles. The Morgan fingerprint density at radius 3 is 1.00 bits per heavy atom. The van der Waals surface area contributed by atoms with Gasteiger partial charge in [0.25, 0.3) is 0 Å². The van der Waals surface area contributed by atoms with Gasteiger partial charge in [-0.25, -0.2) is 0 Å². The molecule has 0 aromatic rings. The number of unbranched alkanes of at least 4 members (excludes halogenated alkanes) is 33. The third-order valence-electron chi connectivity index (χ3n) is 12.1. The molecule has 0 saturated carbocycles. The zero-order valence-electron chi connectivity index (χ0n) is 42.6. The van der Waals surface area contributed by atoms with E-state index in [9.17, 15) is 14.4 Å². The van der Waals surface area contributed by atoms with Crippen LogP contribution in [0.5, 0.6) is 0 Å². The van der Waals surface area contributed by atoms with Crippen LogP contribution in [-0.4, -0.2) is 37.2 Å². The topological polar surface area (TPSA) is 78.9 Å². The van der Waals surface area contributed by atoms with Crippen molar-refractivity contribution in [2.24, 2.45) is 0 Å². The lowest BCUT2D eigenvalue weighted by Crippen LogP contribution is -2.30. The molecule has 0 radical (unpaired) electrons. The number of ether oxygens (including phenoxy) is 3. The van der Waals surface area contributed by atoms with E-state index in [-0.39, 0.29) is 31.1 Å². The highest BCUT2D eigenvalue weighted by Crippen LogP contribution is 2.16. The highest BCUT2D eigenvalue weighted by molar-refractivity contribution is 5.71. The Balaban J connectivity index is 4.37. The Labute approximate surface area is 397 Å². The normalized spacial score (nSPS) is 12.4. The number of hydrogen-bond donors (Lipinski definition) is 0. The minimum atomic E-state index is -0.783. The Morgan fingerprint density at radius 2 is 0.625 bits per heavy atom. The van der Waals surface area contributed by atoms with Crippen molar-refractivity contribution in [1.29, 1.82) is 0 Å². The number of hydrogen-bond acceptors (Lipinski definition) is 6. The standard InChI is InChI=1S/C58H104O6/c1-4-7-10-13-16-19-22-25-28-29-31-33-36-39-42-45-48-51-57(60)63-54-55(53-62-56(59)50-47-44-41-38-35-32-27-24-21-18-15-12-9-6-3)64-58(61)52-49-46-43-40-37-34-30-26-23-20-17-14-11-8-5-2/h8,11,14,17,20,23,32,35,55H,4-7,9-10,12-13,15-16,18-19,21-22,24-31,33-34,36-54H2,1-3H3/b11-8-,17-14-,23-20-,35-32-. The summed E-state index contributed by atoms with van der Waals surface area (Å²) in [6.07, 6.45) is 63.8. The van der Waals surface area contributed by atoms with Crippen LogP contribution < -0.4 is 0 Å². The van der Waals surface area contributed by atoms with Crippen LogP contribution in [0.4, 0.5) is 0 Å². The van der Waals surface area contributed by atoms with Gasteiger partial charge in [0.05, 0.1) is 0 Å². The van der Waals surface area contributed by atoms with E-state index in [1.54, 1.807) is 0 Å². The predicted octanol–water partition coefficient (Wildman–Crippen LogP) is 18.3. The van der Waals surface area contributed by atoms with Gasteiger partial charge in [-0.05, 0) is 64.2 Å². The molecule has 6 heteroatoms. The van der Waals surface area contributed by atoms with E-state index in [4.69, 9.17) is 14.2 Å². The molecule has 1 unspecified atom stereocenters. The van der Waals surface area contributed by atoms with Crippen LogP contribution in [0, 0.1) is 0 Å². The lowest BCUT2D eigenvalue weighted by Gasteiger charge is -2.18. The molecule has 0 N–H and O–H groups in total. The van der Waals surface area contributed by atoms with Gasteiger partial charge in [0, 0.05) is 19.3 Å². The molecule has 0 bridgehead atoms. The molecule has 6 nitrogen and oxygen atoms in total. The maximum Gasteiger partial charge on any atom is 0.306 e. The second-order valence-corrected chi connectivity index (χ2v) is 18.5. The first-order valence-corrected chi connectivity index (χ1v) is 27.7. The molecule has 1 atom stereocenters. The number of rotatable bonds is 50. The molecule has 0 rings (SSSR count). The summed E-state index contributed by atoms with van der Waals surface area (Å²) in [6.45, 7) is 6.51. The first kappa shape index (κ1) is 61.4. The van der Waals surface area contributed by atoms with Crippen LogP contribution in [-0.2, 0) is 28.6 Å². The summed E-state index contributed by atoms with van der Waals surface area (Å²) in [7, 11) is 0. The number of carbonyl (C=O) groups excluding carboxylic acids is 3. The van der Waals surface area contributed by atoms with Gasteiger partial charge in [-0.3, -0.25) is 14.4 Å². The van der Waals surface area contributed by atoms with Crippen molar-refractivity contribution in [2.75, 3.05) is 13.2 Å². The van der Waals surface area contributed by atoms with Gasteiger partial charge in [0.15, 0.2) is 6.10 Å². The maximum atomic E-state index is 12.8. The highest BCUT2D eigenvalue weighted by atomic mass is 16.6. The second kappa shape index (κ2) is 53.0. The molecular weight excluding hydrogens is 793 g/mol. The van der Waals surface area contributed by atoms with E-state index in [1.165, 1.54) is 161 Å². The van der Waals surface area contributed by atoms with Crippen LogP contribution >= 0.6 is 0 Å². The monoisotopic (exact) mass is 897 g/mol. The van der Waals surface area contributed by atoms with E-state index in [0.29, 0.717) is 19.3 Å². The van der Waals surface area contributed by atoms with Gasteiger partial charge in [0.1, 0.15) is 13.2 Å². The second-order valence-electron chi connectivity index (χ2n) is 18.5. The predicted molar refractivity (Wildman–Crippen MR) is 275 cm³/mol. The average Bonchev–Trinajstić information content (AvgIpc) is 3.29. The first-order chi connectivity index (χ1) is 31.5. The van der Waals surface area contributed by atoms with Crippen LogP contribution in [0.1, 0.15) is 284 Å². The fourth-order valence-corrected chi connectivity index (χ4v) is 7.97. The van der Waals surface area contributed by atoms with Gasteiger partial charge in [-0.15, -0.1) is 0 Å². The van der Waals surface area contributed by atoms with Gasteiger partial charge in [-0.1, -0.05) is 249 Å². The Morgan fingerprint density at radius 1 is 0.328 bits per heavy atom. The van der Waals surface area contributed by atoms with Crippen molar-refractivity contribution in [2.45, 2.75) is 290 Å². The Bertz CT molecular complexity index is 1120. The van der Waals surface area contributed by atoms with Gasteiger partial charge in [0.2, 0.25) is 0 Å². The lowest BCUT2D eigenvalue weighted by molar-refractivity contribution is -0.167. The van der Waals surface area contributed by atoms with Crippen molar-refractivity contribution in [3.63, 3.8) is 0 Å². The molecule has 0 fully saturated rings. The van der Waals surface area contributed by atoms with Gasteiger partial charge in [-0.2, -0.15) is 0 Å². The molecule has 0 aliphatic heterocycles. The largest absolute Gasteiger partial charge is 0.462 e. The maximum absolute atomic E-state index is 12.8. The zero-order chi connectivity index (χ0) is 46.5. The third-order valence-corrected chi connectivity index (χ3v) is 12.1. The quantitative estimate of drug-likeness (QED) is 0.0199. The molecule has 0 aliphatic rings. The van der Waals surface area contributed by atoms with Crippen LogP contribution in [0.15, 0.2) is 48.6 Å². The van der Waals surface area contributed by atoms with Gasteiger partial charge >= 0.3 is 17.9 Å². The summed E-state index contributed by atoms with van der Waals surface area (Å²) in [5.74, 6) is -0.896. The van der Waals surface area contributed by atoms with E-state index >= 15 is 0 Å². The summed E-state index contributed by atoms with van der Waals surface area (Å²) in [6, 6.07) is 0. The van der Waals surface area contributed by atoms with Crippen LogP contribution in [0.25, 0.3) is 0 Å². The van der Waals surface area contributed by atoms with E-state index in [2.05, 4.69) is 69.4 Å². The highest BCUT2D eigenvalue weighted by Gasteiger charge is 2.19. The fourth-order valence-electron chi connectivity index (χ4n) is 7.97. The fraction of sp³-hybridized carbons (Fsp3) is 0.810. The molecule has 0 amide bonds. The number of esters is 3. The van der Waals surface area contributed by atoms with Crippen molar-refractivity contribution >= 4 is 17.9 Å². The first-order valence-electron chi connectivity index (χ1n) is 27.7. The van der Waals surface area contributed by atoms with Crippen LogP contribution in [0.3, 0.4) is 0 Å². The van der Waals surface area contributed by atoms with Crippen molar-refractivity contribution in [1.82, 2.24) is 0 Å². The summed E-state index contributed by atoms with van der Waals surface area (Å²) < 4.78 is 16.8. The molecule has 372 valence electrons. The average molecular weight is 897 g/mol. The Hall–Kier alpha value is -2.63. The van der Waals surface area contributed by atoms with Crippen molar-refractivity contribution in [3.05, 3.63) is 48.6 Å². The molecule has 0 saturated heterocycles. The minimum Gasteiger partial charge on any atom is -0.462 e. The van der Waals surface area contributed by atoms with Crippen LogP contribution in [0.2, 0.25) is 0 Å². The summed E-state index contributed by atoms with van der Waals surface area (Å²) in [5.41, 5.74) is 0. The molecule has 0 aromatic carbocycles. The number of allylic oxidation sites excluding steroid dienone is 8. The molecular formula is C58H104O6. The van der Waals surface area contributed by atoms with Crippen molar-refractivity contribution in [3.8, 4) is 0 Å². The van der Waals surface area contributed by atoms with Crippen molar-refractivity contribution < 1.29 is 28.6 Å². The molecule has 0 aromatic heterocycles. The Kier molecular flexibility index (Phi) is 50.8. The molecule has 0 heterocycles.